The molecule has 6 nitrogen and oxygen atoms in total. The molecule has 1 N–H and O–H groups in total. The average molecular weight is 493 g/mol. The minimum absolute atomic E-state index is 0.0715. The zero-order valence-corrected chi connectivity index (χ0v) is 20.4. The highest BCUT2D eigenvalue weighted by molar-refractivity contribution is 7.99. The number of nitrogens with one attached hydrogen (secondary N) is 1. The molecule has 0 radical (unpaired) electrons. The summed E-state index contributed by atoms with van der Waals surface area (Å²) in [4.78, 5) is 12.6. The molecule has 3 aromatic carbocycles. The van der Waals surface area contributed by atoms with Crippen LogP contribution < -0.4 is 10.1 Å². The molecule has 4 rings (SSSR count). The van der Waals surface area contributed by atoms with Gasteiger partial charge in [-0.05, 0) is 53.6 Å². The van der Waals surface area contributed by atoms with Gasteiger partial charge in [-0.3, -0.25) is 9.36 Å². The highest BCUT2D eigenvalue weighted by Gasteiger charge is 2.16. The van der Waals surface area contributed by atoms with Gasteiger partial charge in [-0.1, -0.05) is 65.8 Å². The molecule has 34 heavy (non-hydrogen) atoms. The Balaban J connectivity index is 1.35. The van der Waals surface area contributed by atoms with Gasteiger partial charge in [-0.15, -0.1) is 16.8 Å². The summed E-state index contributed by atoms with van der Waals surface area (Å²) in [7, 11) is 0. The molecule has 0 saturated heterocycles. The first kappa shape index (κ1) is 23.9. The van der Waals surface area contributed by atoms with E-state index in [0.29, 0.717) is 28.3 Å². The SMILES string of the molecule is C=CCn1c(COc2ccc(Cl)cc2)nnc1SCC(=O)NC(C)c1ccc2ccccc2c1. The van der Waals surface area contributed by atoms with Crippen LogP contribution in [-0.4, -0.2) is 26.4 Å². The van der Waals surface area contributed by atoms with E-state index in [1.165, 1.54) is 17.1 Å². The largest absolute Gasteiger partial charge is 0.486 e. The Morgan fingerprint density at radius 3 is 2.68 bits per heavy atom. The van der Waals surface area contributed by atoms with Crippen LogP contribution in [0.1, 0.15) is 24.4 Å². The number of amides is 1. The second-order valence-corrected chi connectivity index (χ2v) is 9.10. The number of aromatic nitrogens is 3. The van der Waals surface area contributed by atoms with E-state index in [4.69, 9.17) is 16.3 Å². The van der Waals surface area contributed by atoms with Gasteiger partial charge in [0, 0.05) is 11.6 Å². The molecular weight excluding hydrogens is 468 g/mol. The summed E-state index contributed by atoms with van der Waals surface area (Å²) < 4.78 is 7.70. The third-order valence-electron chi connectivity index (χ3n) is 5.27. The smallest absolute Gasteiger partial charge is 0.230 e. The maximum atomic E-state index is 12.6. The van der Waals surface area contributed by atoms with Crippen molar-refractivity contribution in [1.29, 1.82) is 0 Å². The lowest BCUT2D eigenvalue weighted by atomic mass is 10.0. The lowest BCUT2D eigenvalue weighted by Gasteiger charge is -2.15. The fraction of sp³-hybridized carbons (Fsp3) is 0.192. The number of carbonyl (C=O) groups excluding carboxylic acids is 1. The Hall–Kier alpha value is -3.29. The van der Waals surface area contributed by atoms with Crippen molar-refractivity contribution in [2.75, 3.05) is 5.75 Å². The number of benzene rings is 3. The van der Waals surface area contributed by atoms with Crippen molar-refractivity contribution in [2.45, 2.75) is 31.3 Å². The molecule has 0 aliphatic carbocycles. The second kappa shape index (κ2) is 11.2. The number of halogens is 1. The van der Waals surface area contributed by atoms with Gasteiger partial charge in [0.2, 0.25) is 5.91 Å². The molecule has 0 bridgehead atoms. The molecule has 0 spiro atoms. The summed E-state index contributed by atoms with van der Waals surface area (Å²) in [5.41, 5.74) is 1.06. The number of hydrogen-bond donors (Lipinski definition) is 1. The van der Waals surface area contributed by atoms with Crippen molar-refractivity contribution >= 4 is 40.0 Å². The van der Waals surface area contributed by atoms with E-state index in [-0.39, 0.29) is 24.3 Å². The van der Waals surface area contributed by atoms with E-state index < -0.39 is 0 Å². The van der Waals surface area contributed by atoms with Gasteiger partial charge in [-0.2, -0.15) is 0 Å². The number of nitrogens with zero attached hydrogens (tertiary/aromatic N) is 3. The Morgan fingerprint density at radius 2 is 1.91 bits per heavy atom. The number of carbonyl (C=O) groups is 1. The molecule has 4 aromatic rings. The Morgan fingerprint density at radius 1 is 1.15 bits per heavy atom. The van der Waals surface area contributed by atoms with Crippen LogP contribution in [0.25, 0.3) is 10.8 Å². The van der Waals surface area contributed by atoms with Gasteiger partial charge in [0.1, 0.15) is 12.4 Å². The number of ether oxygens (including phenoxy) is 1. The molecule has 1 atom stereocenters. The van der Waals surface area contributed by atoms with E-state index >= 15 is 0 Å². The molecule has 0 saturated carbocycles. The molecule has 1 heterocycles. The van der Waals surface area contributed by atoms with Gasteiger partial charge >= 0.3 is 0 Å². The molecule has 0 aliphatic heterocycles. The molecule has 0 fully saturated rings. The van der Waals surface area contributed by atoms with Crippen molar-refractivity contribution in [3.8, 4) is 5.75 Å². The van der Waals surface area contributed by atoms with Crippen LogP contribution in [0.4, 0.5) is 0 Å². The summed E-state index contributed by atoms with van der Waals surface area (Å²) in [5, 5.41) is 15.2. The summed E-state index contributed by atoms with van der Waals surface area (Å²) in [6.07, 6.45) is 1.76. The highest BCUT2D eigenvalue weighted by atomic mass is 35.5. The van der Waals surface area contributed by atoms with E-state index in [0.717, 1.165) is 10.9 Å². The van der Waals surface area contributed by atoms with Gasteiger partial charge in [0.15, 0.2) is 11.0 Å². The number of allylic oxidation sites excluding steroid dienone is 1. The minimum Gasteiger partial charge on any atom is -0.486 e. The van der Waals surface area contributed by atoms with Crippen molar-refractivity contribution in [2.24, 2.45) is 0 Å². The zero-order valence-electron chi connectivity index (χ0n) is 18.8. The molecule has 8 heteroatoms. The van der Waals surface area contributed by atoms with Gasteiger partial charge in [0.25, 0.3) is 0 Å². The van der Waals surface area contributed by atoms with E-state index in [1.807, 2.05) is 29.7 Å². The number of fused-ring (bicyclic) bond motifs is 1. The average Bonchev–Trinajstić information content (AvgIpc) is 3.23. The van der Waals surface area contributed by atoms with Gasteiger partial charge in [0.05, 0.1) is 11.8 Å². The van der Waals surface area contributed by atoms with Crippen LogP contribution in [0.5, 0.6) is 5.75 Å². The molecule has 174 valence electrons. The first-order valence-corrected chi connectivity index (χ1v) is 12.2. The van der Waals surface area contributed by atoms with Crippen molar-refractivity contribution < 1.29 is 9.53 Å². The van der Waals surface area contributed by atoms with Crippen LogP contribution in [0.2, 0.25) is 5.02 Å². The van der Waals surface area contributed by atoms with E-state index in [2.05, 4.69) is 46.4 Å². The zero-order chi connectivity index (χ0) is 23.9. The molecular formula is C26H25ClN4O2S. The standard InChI is InChI=1S/C26H25ClN4O2S/c1-3-14-31-24(16-33-23-12-10-22(27)11-13-23)29-30-26(31)34-17-25(32)28-18(2)20-9-8-19-6-4-5-7-21(19)15-20/h3-13,15,18H,1,14,16-17H2,2H3,(H,28,32). The van der Waals surface area contributed by atoms with Crippen LogP contribution >= 0.6 is 23.4 Å². The lowest BCUT2D eigenvalue weighted by molar-refractivity contribution is -0.119. The Bertz CT molecular complexity index is 1290. The second-order valence-electron chi connectivity index (χ2n) is 7.73. The predicted molar refractivity (Wildman–Crippen MR) is 137 cm³/mol. The first-order valence-electron chi connectivity index (χ1n) is 10.9. The van der Waals surface area contributed by atoms with Gasteiger partial charge in [-0.25, -0.2) is 0 Å². The normalized spacial score (nSPS) is 11.8. The third kappa shape index (κ3) is 5.98. The fourth-order valence-corrected chi connectivity index (χ4v) is 4.40. The van der Waals surface area contributed by atoms with Crippen LogP contribution in [0.15, 0.2) is 84.5 Å². The maximum Gasteiger partial charge on any atom is 0.230 e. The Labute approximate surface area is 208 Å². The Kier molecular flexibility index (Phi) is 7.87. The first-order chi connectivity index (χ1) is 16.5. The summed E-state index contributed by atoms with van der Waals surface area (Å²) in [6.45, 7) is 6.56. The van der Waals surface area contributed by atoms with Crippen LogP contribution in [0.3, 0.4) is 0 Å². The molecule has 1 unspecified atom stereocenters. The van der Waals surface area contributed by atoms with Crippen molar-refractivity contribution in [1.82, 2.24) is 20.1 Å². The number of rotatable bonds is 10. The lowest BCUT2D eigenvalue weighted by Crippen LogP contribution is -2.28. The van der Waals surface area contributed by atoms with Gasteiger partial charge < -0.3 is 10.1 Å². The maximum absolute atomic E-state index is 12.6. The topological polar surface area (TPSA) is 69.0 Å². The monoisotopic (exact) mass is 492 g/mol. The fourth-order valence-electron chi connectivity index (χ4n) is 3.50. The summed E-state index contributed by atoms with van der Waals surface area (Å²) in [6, 6.07) is 21.5. The van der Waals surface area contributed by atoms with Crippen LogP contribution in [-0.2, 0) is 17.9 Å². The number of hydrogen-bond acceptors (Lipinski definition) is 5. The van der Waals surface area contributed by atoms with E-state index in [1.54, 1.807) is 30.3 Å². The van der Waals surface area contributed by atoms with E-state index in [9.17, 15) is 4.79 Å². The molecule has 1 amide bonds. The molecule has 1 aromatic heterocycles. The molecule has 0 aliphatic rings. The minimum atomic E-state index is -0.105. The van der Waals surface area contributed by atoms with Crippen molar-refractivity contribution in [3.63, 3.8) is 0 Å². The number of thioether (sulfide) groups is 1. The van der Waals surface area contributed by atoms with Crippen molar-refractivity contribution in [3.05, 3.63) is 95.8 Å². The predicted octanol–water partition coefficient (Wildman–Crippen LogP) is 5.82. The van der Waals surface area contributed by atoms with Crippen LogP contribution in [0, 0.1) is 0 Å². The highest BCUT2D eigenvalue weighted by Crippen LogP contribution is 2.22. The third-order valence-corrected chi connectivity index (χ3v) is 6.49. The summed E-state index contributed by atoms with van der Waals surface area (Å²) >= 11 is 7.26. The quantitative estimate of drug-likeness (QED) is 0.223. The summed E-state index contributed by atoms with van der Waals surface area (Å²) in [5.74, 6) is 1.50.